The van der Waals surface area contributed by atoms with Gasteiger partial charge in [0.2, 0.25) is 0 Å². The summed E-state index contributed by atoms with van der Waals surface area (Å²) in [5, 5.41) is 0. The van der Waals surface area contributed by atoms with Crippen molar-refractivity contribution < 1.29 is 4.79 Å². The van der Waals surface area contributed by atoms with Gasteiger partial charge in [-0.1, -0.05) is 12.2 Å². The molecule has 0 aliphatic carbocycles. The molecule has 4 heteroatoms. The van der Waals surface area contributed by atoms with Crippen LogP contribution in [0.5, 0.6) is 0 Å². The smallest absolute Gasteiger partial charge is 0.163 e. The second kappa shape index (κ2) is 8.35. The third-order valence-electron chi connectivity index (χ3n) is 2.04. The Hall–Kier alpha value is -0.970. The average molecular weight is 211 g/mol. The lowest BCUT2D eigenvalue weighted by Crippen LogP contribution is -2.39. The maximum absolute atomic E-state index is 11.1. The summed E-state index contributed by atoms with van der Waals surface area (Å²) in [7, 11) is 0. The number of Topliss-reactive ketones (excluding diaryl/α,β-unsaturated/α-hetero) is 1. The molecule has 0 atom stereocenters. The van der Waals surface area contributed by atoms with Crippen molar-refractivity contribution in [2.24, 2.45) is 11.5 Å². The monoisotopic (exact) mass is 211 g/mol. The maximum Gasteiger partial charge on any atom is 0.163 e. The van der Waals surface area contributed by atoms with Crippen molar-refractivity contribution in [3.8, 4) is 0 Å². The molecule has 15 heavy (non-hydrogen) atoms. The molecule has 0 rings (SSSR count). The molecule has 0 aromatic heterocycles. The van der Waals surface area contributed by atoms with Gasteiger partial charge in [-0.15, -0.1) is 13.2 Å². The molecule has 0 saturated heterocycles. The fraction of sp³-hybridized carbons (Fsp3) is 0.545. The van der Waals surface area contributed by atoms with Gasteiger partial charge >= 0.3 is 0 Å². The fourth-order valence-corrected chi connectivity index (χ4v) is 1.27. The topological polar surface area (TPSA) is 72.3 Å². The Labute approximate surface area is 91.6 Å². The highest BCUT2D eigenvalue weighted by molar-refractivity contribution is 5.82. The Bertz CT molecular complexity index is 204. The number of nitrogens with zero attached hydrogens (tertiary/aromatic N) is 1. The van der Waals surface area contributed by atoms with E-state index in [9.17, 15) is 4.79 Å². The first-order valence-corrected chi connectivity index (χ1v) is 5.09. The molecule has 0 saturated carbocycles. The molecule has 0 radical (unpaired) electrons. The Balaban J connectivity index is 3.74. The zero-order valence-corrected chi connectivity index (χ0v) is 9.19. The zero-order valence-electron chi connectivity index (χ0n) is 9.19. The van der Waals surface area contributed by atoms with Gasteiger partial charge in [-0.05, 0) is 13.0 Å². The van der Waals surface area contributed by atoms with Gasteiger partial charge in [-0.2, -0.15) is 0 Å². The van der Waals surface area contributed by atoms with E-state index in [0.717, 1.165) is 26.1 Å². The molecule has 0 aromatic rings. The first-order valence-electron chi connectivity index (χ1n) is 5.09. The summed E-state index contributed by atoms with van der Waals surface area (Å²) in [5.74, 6) is -0.0906. The Morgan fingerprint density at radius 3 is 2.20 bits per heavy atom. The van der Waals surface area contributed by atoms with Crippen LogP contribution in [0.1, 0.15) is 12.8 Å². The Morgan fingerprint density at radius 1 is 1.27 bits per heavy atom. The van der Waals surface area contributed by atoms with E-state index >= 15 is 0 Å². The quantitative estimate of drug-likeness (QED) is 0.424. The van der Waals surface area contributed by atoms with Crippen LogP contribution in [-0.4, -0.2) is 36.5 Å². The lowest BCUT2D eigenvalue weighted by Gasteiger charge is -2.18. The van der Waals surface area contributed by atoms with Gasteiger partial charge in [0.05, 0.1) is 0 Å². The zero-order chi connectivity index (χ0) is 11.7. The highest BCUT2D eigenvalue weighted by atomic mass is 16.1. The Kier molecular flexibility index (Phi) is 7.81. The van der Waals surface area contributed by atoms with Crippen molar-refractivity contribution in [2.45, 2.75) is 19.0 Å². The van der Waals surface area contributed by atoms with E-state index in [0.29, 0.717) is 6.42 Å². The van der Waals surface area contributed by atoms with Gasteiger partial charge < -0.3 is 11.5 Å². The van der Waals surface area contributed by atoms with E-state index in [1.807, 2.05) is 12.2 Å². The summed E-state index contributed by atoms with van der Waals surface area (Å²) < 4.78 is 0. The van der Waals surface area contributed by atoms with Gasteiger partial charge in [0, 0.05) is 19.5 Å². The number of hydrogen-bond donors (Lipinski definition) is 2. The molecule has 0 aliphatic rings. The molecule has 0 spiro atoms. The Morgan fingerprint density at radius 2 is 1.80 bits per heavy atom. The molecule has 0 heterocycles. The minimum absolute atomic E-state index is 0.0906. The number of carbonyl (C=O) groups is 1. The number of carbonyl (C=O) groups excluding carboxylic acids is 1. The van der Waals surface area contributed by atoms with Crippen LogP contribution in [-0.2, 0) is 4.79 Å². The minimum Gasteiger partial charge on any atom is -0.310 e. The van der Waals surface area contributed by atoms with Gasteiger partial charge in [0.15, 0.2) is 5.78 Å². The summed E-state index contributed by atoms with van der Waals surface area (Å²) in [5.41, 5.74) is 10.5. The number of ketones is 1. The molecule has 0 unspecified atom stereocenters. The lowest BCUT2D eigenvalue weighted by atomic mass is 10.2. The first-order chi connectivity index (χ1) is 7.11. The second-order valence-corrected chi connectivity index (χ2v) is 3.43. The lowest BCUT2D eigenvalue weighted by molar-refractivity contribution is -0.120. The van der Waals surface area contributed by atoms with Crippen LogP contribution >= 0.6 is 0 Å². The fourth-order valence-electron chi connectivity index (χ4n) is 1.27. The van der Waals surface area contributed by atoms with E-state index in [-0.39, 0.29) is 5.78 Å². The van der Waals surface area contributed by atoms with Gasteiger partial charge in [-0.25, -0.2) is 0 Å². The molecule has 0 fully saturated rings. The normalized spacial score (nSPS) is 10.7. The summed E-state index contributed by atoms with van der Waals surface area (Å²) >= 11 is 0. The van der Waals surface area contributed by atoms with Crippen LogP contribution in [0.4, 0.5) is 0 Å². The van der Waals surface area contributed by atoms with E-state index in [1.54, 1.807) is 0 Å². The number of hydrogen-bond acceptors (Lipinski definition) is 4. The first kappa shape index (κ1) is 14.0. The van der Waals surface area contributed by atoms with E-state index in [1.165, 1.54) is 0 Å². The number of nitrogens with two attached hydrogens (primary N) is 2. The minimum atomic E-state index is -0.836. The summed E-state index contributed by atoms with van der Waals surface area (Å²) in [6, 6.07) is 0. The van der Waals surface area contributed by atoms with E-state index in [2.05, 4.69) is 18.1 Å². The second-order valence-electron chi connectivity index (χ2n) is 3.43. The molecule has 4 nitrogen and oxygen atoms in total. The van der Waals surface area contributed by atoms with Crippen molar-refractivity contribution >= 4 is 5.78 Å². The van der Waals surface area contributed by atoms with Crippen molar-refractivity contribution in [2.75, 3.05) is 19.6 Å². The highest BCUT2D eigenvalue weighted by Gasteiger charge is 2.08. The molecular formula is C11H21N3O. The largest absolute Gasteiger partial charge is 0.310 e. The predicted octanol–water partition coefficient (Wildman–Crippen LogP) is 0.253. The van der Waals surface area contributed by atoms with Gasteiger partial charge in [-0.3, -0.25) is 9.69 Å². The summed E-state index contributed by atoms with van der Waals surface area (Å²) in [6.45, 7) is 9.77. The van der Waals surface area contributed by atoms with Crippen molar-refractivity contribution in [3.05, 3.63) is 25.3 Å². The molecular weight excluding hydrogens is 190 g/mol. The number of rotatable bonds is 9. The van der Waals surface area contributed by atoms with Crippen LogP contribution in [0, 0.1) is 0 Å². The molecule has 0 amide bonds. The van der Waals surface area contributed by atoms with E-state index < -0.39 is 6.17 Å². The molecule has 0 aromatic carbocycles. The average Bonchev–Trinajstić information content (AvgIpc) is 2.18. The van der Waals surface area contributed by atoms with Crippen LogP contribution in [0.15, 0.2) is 25.3 Å². The molecule has 4 N–H and O–H groups in total. The predicted molar refractivity (Wildman–Crippen MR) is 63.2 cm³/mol. The van der Waals surface area contributed by atoms with E-state index in [4.69, 9.17) is 11.5 Å². The van der Waals surface area contributed by atoms with Crippen molar-refractivity contribution in [1.82, 2.24) is 4.90 Å². The van der Waals surface area contributed by atoms with Crippen LogP contribution in [0.2, 0.25) is 0 Å². The van der Waals surface area contributed by atoms with Gasteiger partial charge in [0.25, 0.3) is 0 Å². The molecule has 0 bridgehead atoms. The third kappa shape index (κ3) is 7.02. The van der Waals surface area contributed by atoms with Crippen molar-refractivity contribution in [1.29, 1.82) is 0 Å². The van der Waals surface area contributed by atoms with Crippen LogP contribution in [0.25, 0.3) is 0 Å². The van der Waals surface area contributed by atoms with Crippen LogP contribution < -0.4 is 11.5 Å². The standard InChI is InChI=1S/C11H21N3O/c1-3-7-14(8-4-2)9-5-6-10(15)11(12)13/h3-4,11H,1-2,5-9,12-13H2. The van der Waals surface area contributed by atoms with Crippen molar-refractivity contribution in [3.63, 3.8) is 0 Å². The SMILES string of the molecule is C=CCN(CC=C)CCCC(=O)C(N)N. The third-order valence-corrected chi connectivity index (χ3v) is 2.04. The van der Waals surface area contributed by atoms with Gasteiger partial charge in [0.1, 0.15) is 6.17 Å². The molecule has 0 aliphatic heterocycles. The highest BCUT2D eigenvalue weighted by Crippen LogP contribution is 1.97. The summed E-state index contributed by atoms with van der Waals surface area (Å²) in [4.78, 5) is 13.3. The summed E-state index contributed by atoms with van der Waals surface area (Å²) in [6.07, 6.45) is 4.03. The maximum atomic E-state index is 11.1. The molecule has 86 valence electrons. The van der Waals surface area contributed by atoms with Crippen LogP contribution in [0.3, 0.4) is 0 Å².